The largest absolute Gasteiger partial charge is 0.310 e. The fourth-order valence-electron chi connectivity index (χ4n) is 19.3. The van der Waals surface area contributed by atoms with E-state index in [1.165, 1.54) is 0 Å². The van der Waals surface area contributed by atoms with Gasteiger partial charge in [-0.15, -0.1) is 0 Å². The highest BCUT2D eigenvalue weighted by molar-refractivity contribution is 7.00. The van der Waals surface area contributed by atoms with Gasteiger partial charge >= 0.3 is 0 Å². The molecule has 4 heterocycles. The average molecular weight is 1640 g/mol. The maximum atomic E-state index is 10.3. The molecule has 0 radical (unpaired) electrons. The summed E-state index contributed by atoms with van der Waals surface area (Å²) in [5, 5.41) is 1.54. The molecular formula is C119H133BN4. The Morgan fingerprint density at radius 1 is 0.274 bits per heavy atom. The van der Waals surface area contributed by atoms with Crippen molar-refractivity contribution in [3.63, 3.8) is 0 Å². The van der Waals surface area contributed by atoms with Crippen molar-refractivity contribution in [3.8, 4) is 55.9 Å². The molecule has 2 aliphatic heterocycles. The third-order valence-electron chi connectivity index (χ3n) is 24.6. The number of anilines is 6. The molecule has 2 aromatic heterocycles. The summed E-state index contributed by atoms with van der Waals surface area (Å²) >= 11 is 0. The van der Waals surface area contributed by atoms with Gasteiger partial charge in [0.2, 0.25) is 0 Å². The summed E-state index contributed by atoms with van der Waals surface area (Å²) in [7, 11) is 0. The molecule has 124 heavy (non-hydrogen) atoms. The number of nitrogens with zero attached hydrogens (tertiary/aromatic N) is 4. The maximum Gasteiger partial charge on any atom is 0.252 e. The zero-order chi connectivity index (χ0) is 99.0. The summed E-state index contributed by atoms with van der Waals surface area (Å²) in [4.78, 5) is 5.15. The van der Waals surface area contributed by atoms with Gasteiger partial charge in [0.15, 0.2) is 0 Å². The van der Waals surface area contributed by atoms with E-state index in [9.17, 15) is 16.4 Å². The summed E-state index contributed by atoms with van der Waals surface area (Å²) in [6, 6.07) is 73.0. The predicted molar refractivity (Wildman–Crippen MR) is 541 cm³/mol. The lowest BCUT2D eigenvalue weighted by molar-refractivity contribution is 0.411. The Morgan fingerprint density at radius 3 is 0.879 bits per heavy atom. The van der Waals surface area contributed by atoms with Gasteiger partial charge in [0.05, 0.1) is 44.4 Å². The van der Waals surface area contributed by atoms with Crippen LogP contribution in [-0.2, 0) is 53.7 Å². The molecule has 0 spiro atoms. The summed E-state index contributed by atoms with van der Waals surface area (Å²) in [6.07, 6.45) is -1.68. The Labute approximate surface area is 760 Å². The van der Waals surface area contributed by atoms with Gasteiger partial charge in [-0.3, -0.25) is 0 Å². The normalized spacial score (nSPS) is 15.3. The van der Waals surface area contributed by atoms with E-state index >= 15 is 0 Å². The zero-order valence-corrected chi connectivity index (χ0v) is 78.6. The minimum Gasteiger partial charge on any atom is -0.310 e. The van der Waals surface area contributed by atoms with Crippen LogP contribution in [0.5, 0.6) is 0 Å². The molecule has 632 valence electrons. The molecule has 17 rings (SSSR count). The smallest absolute Gasteiger partial charge is 0.252 e. The highest BCUT2D eigenvalue weighted by Gasteiger charge is 2.47. The summed E-state index contributed by atoms with van der Waals surface area (Å²) in [5.74, 6) is 0. The standard InChI is InChI=1S/C119H133BN4/c1-111(2,3)70-75-48-54-102-96(56-75)90-44-28-30-46-100(90)121(102)88-50-52-98-104(68-88)123(109-92(80-36-32-40-84(64-80)116(16,17)18)58-77(72-113(7,8)9)59-93(109)81-37-33-41-85(65-81)117(19,20)21)106-62-79(74-115(13,14)15)63-107-108(106)120(98)99-53-51-89(122-101-47-31-29-45-91(101)97-57-76(49-55-103(97)122)71-112(4,5)6)69-105(99)124(107)110-94(82-38-34-42-86(66-82)118(22,23)24)60-78(73-114(10,11)12)61-95(110)83-39-35-43-87(67-83)119(25,26)27/h28-69H,70-74H2,1-27H3/i28D,29D,30D,31D,44D,45D,46D,47D,70D2,71D2. The number of hydrogen-bond donors (Lipinski definition) is 0. The van der Waals surface area contributed by atoms with Crippen molar-refractivity contribution >= 4 is 101 Å². The number of benzene rings is 13. The SMILES string of the molecule is [2H]c1c([2H])c([2H])c2c(c1[2H])c1cc(C([2H])([2H])C(C)(C)C)ccc1n2-c1ccc2c(c1)N(c1c(-c3cccc(C(C)(C)C)c3)cc(CC(C)(C)C)cc1-c1cccc(C(C)(C)C)c1)c1cc(CC(C)(C)C)cc3c1B2c1ccc(-n2c4ccc(C([2H])([2H])C(C)(C)C)cc4c4c([2H])c([2H])c([2H])c([2H])c42)cc1N3c1c(-c2cccc(C(C)(C)C)c2)cc(CC(C)(C)C)cc1-c1cccc(C(C)(C)C)c1. The van der Waals surface area contributed by atoms with Crippen LogP contribution < -0.4 is 26.2 Å². The van der Waals surface area contributed by atoms with Crippen molar-refractivity contribution in [3.05, 3.63) is 305 Å². The molecular weight excluding hydrogens is 1500 g/mol. The number of fused-ring (bicyclic) bond motifs is 10. The van der Waals surface area contributed by atoms with Crippen molar-refractivity contribution in [2.24, 2.45) is 27.1 Å². The molecule has 0 unspecified atom stereocenters. The van der Waals surface area contributed by atoms with Gasteiger partial charge in [-0.2, -0.15) is 0 Å². The first kappa shape index (κ1) is 71.4. The van der Waals surface area contributed by atoms with Crippen molar-refractivity contribution in [1.82, 2.24) is 9.13 Å². The minimum absolute atomic E-state index is 0.176. The molecule has 0 saturated carbocycles. The van der Waals surface area contributed by atoms with E-state index in [0.717, 1.165) is 147 Å². The van der Waals surface area contributed by atoms with Gasteiger partial charge in [-0.05, 0) is 266 Å². The number of rotatable bonds is 13. The number of para-hydroxylation sites is 2. The lowest BCUT2D eigenvalue weighted by atomic mass is 9.33. The summed E-state index contributed by atoms with van der Waals surface area (Å²) < 4.78 is 122. The van der Waals surface area contributed by atoms with Crippen molar-refractivity contribution in [1.29, 1.82) is 0 Å². The van der Waals surface area contributed by atoms with Crippen LogP contribution in [0.3, 0.4) is 0 Å². The van der Waals surface area contributed by atoms with Crippen LogP contribution >= 0.6 is 0 Å². The van der Waals surface area contributed by atoms with Crippen LogP contribution in [0.4, 0.5) is 34.1 Å². The molecule has 0 bridgehead atoms. The number of aromatic nitrogens is 2. The second kappa shape index (κ2) is 30.5. The monoisotopic (exact) mass is 1640 g/mol. The highest BCUT2D eigenvalue weighted by atomic mass is 15.2. The van der Waals surface area contributed by atoms with E-state index in [2.05, 4.69) is 325 Å². The predicted octanol–water partition coefficient (Wildman–Crippen LogP) is 31.8. The topological polar surface area (TPSA) is 16.3 Å². The minimum atomic E-state index is -1.88. The van der Waals surface area contributed by atoms with Crippen molar-refractivity contribution in [2.45, 2.75) is 241 Å². The van der Waals surface area contributed by atoms with Gasteiger partial charge in [-0.1, -0.05) is 345 Å². The van der Waals surface area contributed by atoms with E-state index in [1.54, 1.807) is 0 Å². The first-order valence-electron chi connectivity index (χ1n) is 50.9. The molecule has 5 heteroatoms. The van der Waals surface area contributed by atoms with Gasteiger partial charge in [0.1, 0.15) is 0 Å². The molecule has 0 saturated heterocycles. The Balaban J connectivity index is 1.13. The van der Waals surface area contributed by atoms with Crippen LogP contribution in [-0.4, -0.2) is 15.8 Å². The highest BCUT2D eigenvalue weighted by Crippen LogP contribution is 2.56. The van der Waals surface area contributed by atoms with Gasteiger partial charge in [0.25, 0.3) is 6.71 Å². The van der Waals surface area contributed by atoms with Gasteiger partial charge < -0.3 is 18.9 Å². The van der Waals surface area contributed by atoms with E-state index in [-0.39, 0.29) is 96.0 Å². The Morgan fingerprint density at radius 2 is 0.581 bits per heavy atom. The van der Waals surface area contributed by atoms with Crippen LogP contribution in [0.2, 0.25) is 0 Å². The van der Waals surface area contributed by atoms with Gasteiger partial charge in [-0.25, -0.2) is 0 Å². The molecule has 13 aromatic carbocycles. The fourth-order valence-corrected chi connectivity index (χ4v) is 19.3. The first-order chi connectivity index (χ1) is 62.9. The molecule has 4 nitrogen and oxygen atoms in total. The Hall–Kier alpha value is -10.9. The second-order valence-corrected chi connectivity index (χ2v) is 45.6. The second-order valence-electron chi connectivity index (χ2n) is 45.6. The van der Waals surface area contributed by atoms with E-state index < -0.39 is 42.4 Å². The third kappa shape index (κ3) is 16.7. The molecule has 0 aliphatic carbocycles. The molecule has 0 N–H and O–H groups in total. The maximum absolute atomic E-state index is 10.3. The zero-order valence-electron chi connectivity index (χ0n) is 90.6. The third-order valence-corrected chi connectivity index (χ3v) is 24.6. The summed E-state index contributed by atoms with van der Waals surface area (Å²) in [6.45, 7) is 58.7. The Kier molecular flexibility index (Phi) is 17.6. The molecule has 0 fully saturated rings. The quantitative estimate of drug-likeness (QED) is 0.107. The molecule has 15 aromatic rings. The van der Waals surface area contributed by atoms with E-state index in [4.69, 9.17) is 0 Å². The average Bonchev–Trinajstić information content (AvgIpc) is 0.740. The molecule has 2 aliphatic rings. The fraction of sp³-hybridized carbons (Fsp3) is 0.345. The number of hydrogen-bond acceptors (Lipinski definition) is 2. The van der Waals surface area contributed by atoms with E-state index in [0.29, 0.717) is 50.7 Å². The van der Waals surface area contributed by atoms with Gasteiger partial charge in [0, 0.05) is 83.4 Å². The lowest BCUT2D eigenvalue weighted by Gasteiger charge is -2.46. The van der Waals surface area contributed by atoms with Crippen LogP contribution in [0.25, 0.3) is 99.5 Å². The van der Waals surface area contributed by atoms with Crippen molar-refractivity contribution in [2.75, 3.05) is 9.80 Å². The lowest BCUT2D eigenvalue weighted by Crippen LogP contribution is -2.61. The van der Waals surface area contributed by atoms with E-state index in [1.807, 2.05) is 87.1 Å². The molecule has 0 atom stereocenters. The van der Waals surface area contributed by atoms with Crippen LogP contribution in [0.1, 0.15) is 253 Å². The first-order valence-corrected chi connectivity index (χ1v) is 44.9. The Bertz CT molecular complexity index is 6860. The summed E-state index contributed by atoms with van der Waals surface area (Å²) in [5.41, 5.74) is 24.3. The van der Waals surface area contributed by atoms with Crippen molar-refractivity contribution < 1.29 is 16.4 Å². The van der Waals surface area contributed by atoms with Crippen LogP contribution in [0.15, 0.2) is 255 Å². The van der Waals surface area contributed by atoms with Crippen LogP contribution in [0, 0.1) is 27.1 Å². The molecule has 0 amide bonds.